The highest BCUT2D eigenvalue weighted by Crippen LogP contribution is 2.33. The zero-order chi connectivity index (χ0) is 24.5. The molecule has 0 saturated carbocycles. The van der Waals surface area contributed by atoms with Crippen molar-refractivity contribution < 1.29 is 22.7 Å². The molecule has 0 radical (unpaired) electrons. The number of aryl methyl sites for hydroxylation is 1. The maximum atomic E-state index is 13.3. The van der Waals surface area contributed by atoms with Crippen LogP contribution in [-0.4, -0.2) is 33.7 Å². The number of halogens is 3. The van der Waals surface area contributed by atoms with Gasteiger partial charge in [-0.2, -0.15) is 5.10 Å². The van der Waals surface area contributed by atoms with Gasteiger partial charge in [-0.05, 0) is 36.2 Å². The van der Waals surface area contributed by atoms with Crippen molar-refractivity contribution in [1.82, 2.24) is 20.1 Å². The summed E-state index contributed by atoms with van der Waals surface area (Å²) in [5, 5.41) is 10.3. The minimum atomic E-state index is -4.76. The van der Waals surface area contributed by atoms with Crippen molar-refractivity contribution in [3.63, 3.8) is 0 Å². The fraction of sp³-hybridized carbons (Fsp3) is 0.261. The number of hydrogen-bond acceptors (Lipinski definition) is 5. The first-order valence-corrected chi connectivity index (χ1v) is 10.5. The molecule has 1 aliphatic heterocycles. The third-order valence-corrected chi connectivity index (χ3v) is 5.26. The number of urea groups is 1. The van der Waals surface area contributed by atoms with Crippen LogP contribution in [0.25, 0.3) is 11.3 Å². The van der Waals surface area contributed by atoms with E-state index in [-0.39, 0.29) is 12.3 Å². The highest BCUT2D eigenvalue weighted by Gasteiger charge is 2.31. The van der Waals surface area contributed by atoms with Gasteiger partial charge in [0.25, 0.3) is 0 Å². The molecule has 0 fully saturated rings. The molecule has 2 N–H and O–H groups in total. The summed E-state index contributed by atoms with van der Waals surface area (Å²) in [6.07, 6.45) is -0.727. The summed E-state index contributed by atoms with van der Waals surface area (Å²) in [5.41, 5.74) is 3.38. The molecule has 0 saturated heterocycles. The number of fused-ring (bicyclic) bond motifs is 1. The van der Waals surface area contributed by atoms with E-state index < -0.39 is 18.4 Å². The summed E-state index contributed by atoms with van der Waals surface area (Å²) < 4.78 is 42.9. The lowest BCUT2D eigenvalue weighted by Gasteiger charge is -2.32. The molecule has 34 heavy (non-hydrogen) atoms. The molecule has 3 aromatic rings. The Morgan fingerprint density at radius 2 is 2.00 bits per heavy atom. The van der Waals surface area contributed by atoms with Gasteiger partial charge >= 0.3 is 12.4 Å². The number of carbonyl (C=O) groups is 1. The Bertz CT molecular complexity index is 1210. The van der Waals surface area contributed by atoms with Gasteiger partial charge in [-0.25, -0.2) is 9.78 Å². The fourth-order valence-corrected chi connectivity index (χ4v) is 3.68. The van der Waals surface area contributed by atoms with E-state index in [2.05, 4.69) is 32.0 Å². The molecule has 4 rings (SSSR count). The quantitative estimate of drug-likeness (QED) is 0.547. The largest absolute Gasteiger partial charge is 0.573 e. The van der Waals surface area contributed by atoms with Crippen LogP contribution >= 0.6 is 0 Å². The molecule has 8 nitrogen and oxygen atoms in total. The Kier molecular flexibility index (Phi) is 6.18. The van der Waals surface area contributed by atoms with Gasteiger partial charge in [0, 0.05) is 24.5 Å². The van der Waals surface area contributed by atoms with Crippen LogP contribution in [0.3, 0.4) is 0 Å². The average Bonchev–Trinajstić information content (AvgIpc) is 3.22. The smallest absolute Gasteiger partial charge is 0.406 e. The van der Waals surface area contributed by atoms with Gasteiger partial charge in [-0.15, -0.1) is 13.2 Å². The zero-order valence-electron chi connectivity index (χ0n) is 18.6. The number of benzene rings is 1. The predicted molar refractivity (Wildman–Crippen MR) is 121 cm³/mol. The van der Waals surface area contributed by atoms with Crippen molar-refractivity contribution in [1.29, 1.82) is 0 Å². The number of pyridine rings is 1. The number of alkyl halides is 3. The molecule has 1 aliphatic rings. The molecule has 11 heteroatoms. The summed E-state index contributed by atoms with van der Waals surface area (Å²) in [7, 11) is 1.81. The second-order valence-corrected chi connectivity index (χ2v) is 7.81. The van der Waals surface area contributed by atoms with Crippen LogP contribution in [0, 0.1) is 0 Å². The van der Waals surface area contributed by atoms with Crippen molar-refractivity contribution in [3.05, 3.63) is 66.6 Å². The van der Waals surface area contributed by atoms with Crippen LogP contribution in [0.5, 0.6) is 5.75 Å². The number of nitrogens with zero attached hydrogens (tertiary/aromatic N) is 4. The summed E-state index contributed by atoms with van der Waals surface area (Å²) in [6, 6.07) is 8.27. The van der Waals surface area contributed by atoms with Gasteiger partial charge in [-0.3, -0.25) is 9.58 Å². The van der Waals surface area contributed by atoms with E-state index in [1.54, 1.807) is 17.9 Å². The topological polar surface area (TPSA) is 84.3 Å². The van der Waals surface area contributed by atoms with Crippen molar-refractivity contribution in [2.45, 2.75) is 25.7 Å². The number of carbonyl (C=O) groups excluding carboxylic acids is 1. The molecule has 2 amide bonds. The van der Waals surface area contributed by atoms with Crippen LogP contribution in [0.15, 0.2) is 61.1 Å². The standard InChI is InChI=1S/C23H23F3N6O2/c1-4-18(15-5-7-17(8-6-15)34-23(24,25)26)30-22(33)32-12-14(2)28-20-10-9-19(29-21(20)32)16-11-27-31(3)13-16/h5-11,13,18,28H,2,4,12H2,1,3H3,(H,30,33). The summed E-state index contributed by atoms with van der Waals surface area (Å²) in [6.45, 7) is 6.02. The number of nitrogens with one attached hydrogen (secondary N) is 2. The Hall–Kier alpha value is -4.02. The monoisotopic (exact) mass is 472 g/mol. The molecular weight excluding hydrogens is 449 g/mol. The van der Waals surface area contributed by atoms with E-state index in [1.165, 1.54) is 29.2 Å². The Labute approximate surface area is 194 Å². The first kappa shape index (κ1) is 23.1. The minimum absolute atomic E-state index is 0.205. The third kappa shape index (κ3) is 5.13. The average molecular weight is 472 g/mol. The number of anilines is 2. The summed E-state index contributed by atoms with van der Waals surface area (Å²) in [4.78, 5) is 19.4. The zero-order valence-corrected chi connectivity index (χ0v) is 18.6. The molecule has 2 aromatic heterocycles. The van der Waals surface area contributed by atoms with Crippen LogP contribution in [0.2, 0.25) is 0 Å². The molecule has 1 aromatic carbocycles. The molecule has 0 spiro atoms. The van der Waals surface area contributed by atoms with E-state index in [1.807, 2.05) is 25.3 Å². The maximum absolute atomic E-state index is 13.3. The second-order valence-electron chi connectivity index (χ2n) is 7.81. The Morgan fingerprint density at radius 3 is 2.62 bits per heavy atom. The maximum Gasteiger partial charge on any atom is 0.573 e. The lowest BCUT2D eigenvalue weighted by molar-refractivity contribution is -0.274. The Morgan fingerprint density at radius 1 is 1.26 bits per heavy atom. The Balaban J connectivity index is 1.56. The molecule has 3 heterocycles. The van der Waals surface area contributed by atoms with Crippen LogP contribution in [-0.2, 0) is 7.05 Å². The summed E-state index contributed by atoms with van der Waals surface area (Å²) in [5.74, 6) is 0.118. The van der Waals surface area contributed by atoms with E-state index >= 15 is 0 Å². The fourth-order valence-electron chi connectivity index (χ4n) is 3.68. The summed E-state index contributed by atoms with van der Waals surface area (Å²) >= 11 is 0. The lowest BCUT2D eigenvalue weighted by atomic mass is 10.0. The van der Waals surface area contributed by atoms with E-state index in [0.717, 1.165) is 5.56 Å². The van der Waals surface area contributed by atoms with Crippen molar-refractivity contribution in [2.24, 2.45) is 7.05 Å². The van der Waals surface area contributed by atoms with E-state index in [0.29, 0.717) is 34.9 Å². The van der Waals surface area contributed by atoms with E-state index in [9.17, 15) is 18.0 Å². The third-order valence-electron chi connectivity index (χ3n) is 5.26. The highest BCUT2D eigenvalue weighted by atomic mass is 19.4. The van der Waals surface area contributed by atoms with Gasteiger partial charge in [0.05, 0.1) is 30.2 Å². The number of rotatable bonds is 5. The molecule has 178 valence electrons. The predicted octanol–water partition coefficient (Wildman–Crippen LogP) is 4.99. The SMILES string of the molecule is C=C1CN(C(=O)NC(CC)c2ccc(OC(F)(F)F)cc2)c2nc(-c3cnn(C)c3)ccc2N1. The van der Waals surface area contributed by atoms with Gasteiger partial charge in [0.15, 0.2) is 5.82 Å². The van der Waals surface area contributed by atoms with Crippen molar-refractivity contribution in [2.75, 3.05) is 16.8 Å². The van der Waals surface area contributed by atoms with Crippen molar-refractivity contribution in [3.8, 4) is 17.0 Å². The first-order valence-electron chi connectivity index (χ1n) is 10.5. The molecule has 1 atom stereocenters. The van der Waals surface area contributed by atoms with Crippen LogP contribution < -0.4 is 20.3 Å². The van der Waals surface area contributed by atoms with Crippen LogP contribution in [0.1, 0.15) is 24.9 Å². The van der Waals surface area contributed by atoms with E-state index in [4.69, 9.17) is 0 Å². The number of ether oxygens (including phenoxy) is 1. The van der Waals surface area contributed by atoms with Gasteiger partial charge in [0.1, 0.15) is 5.75 Å². The minimum Gasteiger partial charge on any atom is -0.406 e. The number of hydrogen-bond donors (Lipinski definition) is 2. The van der Waals surface area contributed by atoms with Gasteiger partial charge in [0.2, 0.25) is 0 Å². The molecular formula is C23H23F3N6O2. The molecule has 0 bridgehead atoms. The highest BCUT2D eigenvalue weighted by molar-refractivity contribution is 5.97. The normalized spacial score (nSPS) is 14.3. The lowest BCUT2D eigenvalue weighted by Crippen LogP contribution is -2.45. The van der Waals surface area contributed by atoms with Crippen molar-refractivity contribution >= 4 is 17.5 Å². The van der Waals surface area contributed by atoms with Gasteiger partial charge < -0.3 is 15.4 Å². The molecule has 1 unspecified atom stereocenters. The van der Waals surface area contributed by atoms with Crippen LogP contribution in [0.4, 0.5) is 29.5 Å². The second kappa shape index (κ2) is 9.08. The first-order chi connectivity index (χ1) is 16.1. The molecule has 0 aliphatic carbocycles. The number of amides is 2. The number of aromatic nitrogens is 3. The van der Waals surface area contributed by atoms with Gasteiger partial charge in [-0.1, -0.05) is 25.6 Å².